The number of aromatic amines is 1. The molecule has 1 atom stereocenters. The topological polar surface area (TPSA) is 48.0 Å². The smallest absolute Gasteiger partial charge is 0.127 e. The van der Waals surface area contributed by atoms with E-state index in [-0.39, 0.29) is 0 Å². The summed E-state index contributed by atoms with van der Waals surface area (Å²) in [4.78, 5) is 16.7. The Morgan fingerprint density at radius 1 is 1.33 bits per heavy atom. The molecule has 0 aliphatic carbocycles. The van der Waals surface area contributed by atoms with Gasteiger partial charge in [-0.3, -0.25) is 4.90 Å². The zero-order valence-electron chi connectivity index (χ0n) is 12.8. The number of nitrogens with one attached hydrogen (secondary N) is 1. The number of nitrogens with zero attached hydrogens (tertiary/aromatic N) is 4. The molecule has 3 heterocycles. The summed E-state index contributed by atoms with van der Waals surface area (Å²) in [5.41, 5.74) is 1.28. The van der Waals surface area contributed by atoms with Gasteiger partial charge in [0.1, 0.15) is 11.6 Å². The Morgan fingerprint density at radius 3 is 2.90 bits per heavy atom. The second-order valence-electron chi connectivity index (χ2n) is 5.97. The summed E-state index contributed by atoms with van der Waals surface area (Å²) in [5.74, 6) is 2.66. The molecule has 3 rings (SSSR count). The largest absolute Gasteiger partial charge is 0.363 e. The molecule has 1 aliphatic rings. The maximum atomic E-state index is 4.49. The number of anilines is 1. The third-order valence-corrected chi connectivity index (χ3v) is 4.09. The van der Waals surface area contributed by atoms with Crippen molar-refractivity contribution in [3.05, 3.63) is 42.1 Å². The van der Waals surface area contributed by atoms with Crippen molar-refractivity contribution in [2.75, 3.05) is 32.1 Å². The van der Waals surface area contributed by atoms with Crippen LogP contribution in [0.5, 0.6) is 0 Å². The van der Waals surface area contributed by atoms with Crippen LogP contribution in [0.15, 0.2) is 30.7 Å². The number of imidazole rings is 1. The van der Waals surface area contributed by atoms with Gasteiger partial charge in [0, 0.05) is 51.7 Å². The highest BCUT2D eigenvalue weighted by molar-refractivity contribution is 5.37. The minimum atomic E-state index is 0.530. The first-order valence-electron chi connectivity index (χ1n) is 7.56. The van der Waals surface area contributed by atoms with Crippen LogP contribution in [0.1, 0.15) is 30.1 Å². The van der Waals surface area contributed by atoms with E-state index in [0.29, 0.717) is 5.92 Å². The molecular formula is C16H23N5. The van der Waals surface area contributed by atoms with Crippen LogP contribution in [0.2, 0.25) is 0 Å². The molecule has 0 radical (unpaired) electrons. The van der Waals surface area contributed by atoms with Gasteiger partial charge in [-0.1, -0.05) is 6.07 Å². The molecule has 1 aliphatic heterocycles. The maximum absolute atomic E-state index is 4.49. The van der Waals surface area contributed by atoms with Gasteiger partial charge in [0.15, 0.2) is 0 Å². The van der Waals surface area contributed by atoms with E-state index in [4.69, 9.17) is 0 Å². The van der Waals surface area contributed by atoms with E-state index in [9.17, 15) is 0 Å². The van der Waals surface area contributed by atoms with Gasteiger partial charge in [-0.2, -0.15) is 0 Å². The van der Waals surface area contributed by atoms with Crippen LogP contribution >= 0.6 is 0 Å². The molecule has 2 aromatic rings. The van der Waals surface area contributed by atoms with Crippen molar-refractivity contribution < 1.29 is 0 Å². The summed E-state index contributed by atoms with van der Waals surface area (Å²) >= 11 is 0. The quantitative estimate of drug-likeness (QED) is 0.936. The van der Waals surface area contributed by atoms with Gasteiger partial charge in [0.05, 0.1) is 0 Å². The van der Waals surface area contributed by atoms with Crippen molar-refractivity contribution in [3.8, 4) is 0 Å². The number of pyridine rings is 1. The molecule has 0 aromatic carbocycles. The van der Waals surface area contributed by atoms with E-state index < -0.39 is 0 Å². The fraction of sp³-hybridized carbons (Fsp3) is 0.500. The summed E-state index contributed by atoms with van der Waals surface area (Å²) in [7, 11) is 4.03. The van der Waals surface area contributed by atoms with Crippen molar-refractivity contribution in [2.24, 2.45) is 0 Å². The Bertz CT molecular complexity index is 547. The van der Waals surface area contributed by atoms with E-state index >= 15 is 0 Å². The Balaban J connectivity index is 1.62. The molecular weight excluding hydrogens is 262 g/mol. The van der Waals surface area contributed by atoms with Gasteiger partial charge in [-0.25, -0.2) is 9.97 Å². The fourth-order valence-corrected chi connectivity index (χ4v) is 2.96. The fourth-order valence-electron chi connectivity index (χ4n) is 2.96. The Labute approximate surface area is 126 Å². The lowest BCUT2D eigenvalue weighted by molar-refractivity contribution is 0.197. The summed E-state index contributed by atoms with van der Waals surface area (Å²) in [6.45, 7) is 3.20. The maximum Gasteiger partial charge on any atom is 0.127 e. The third-order valence-electron chi connectivity index (χ3n) is 4.09. The third kappa shape index (κ3) is 3.42. The van der Waals surface area contributed by atoms with Crippen molar-refractivity contribution in [3.63, 3.8) is 0 Å². The number of H-pyrrole nitrogens is 1. The highest BCUT2D eigenvalue weighted by Crippen LogP contribution is 2.25. The van der Waals surface area contributed by atoms with Crippen LogP contribution in [-0.4, -0.2) is 47.0 Å². The molecule has 0 amide bonds. The normalized spacial score (nSPS) is 19.6. The first-order valence-corrected chi connectivity index (χ1v) is 7.56. The van der Waals surface area contributed by atoms with E-state index in [2.05, 4.69) is 32.0 Å². The average Bonchev–Trinajstić information content (AvgIpc) is 3.02. The number of aromatic nitrogens is 3. The van der Waals surface area contributed by atoms with Gasteiger partial charge >= 0.3 is 0 Å². The van der Waals surface area contributed by atoms with Crippen molar-refractivity contribution in [2.45, 2.75) is 25.3 Å². The minimum Gasteiger partial charge on any atom is -0.363 e. The molecule has 0 bridgehead atoms. The summed E-state index contributed by atoms with van der Waals surface area (Å²) in [5, 5.41) is 0. The van der Waals surface area contributed by atoms with Crippen LogP contribution in [0.3, 0.4) is 0 Å². The van der Waals surface area contributed by atoms with E-state index in [0.717, 1.165) is 31.3 Å². The standard InChI is InChI=1S/C16H23N5/c1-20(2)15-6-5-13(10-19-15)11-21-9-3-4-14(12-21)16-17-7-8-18-16/h5-8,10,14H,3-4,9,11-12H2,1-2H3,(H,17,18). The minimum absolute atomic E-state index is 0.530. The summed E-state index contributed by atoms with van der Waals surface area (Å²) in [6.07, 6.45) is 8.21. The van der Waals surface area contributed by atoms with Crippen LogP contribution < -0.4 is 4.90 Å². The first-order chi connectivity index (χ1) is 10.2. The van der Waals surface area contributed by atoms with E-state index in [1.807, 2.05) is 37.6 Å². The van der Waals surface area contributed by atoms with Gasteiger partial charge < -0.3 is 9.88 Å². The van der Waals surface area contributed by atoms with Crippen LogP contribution in [0.4, 0.5) is 5.82 Å². The highest BCUT2D eigenvalue weighted by atomic mass is 15.1. The number of hydrogen-bond acceptors (Lipinski definition) is 4. The van der Waals surface area contributed by atoms with Gasteiger partial charge in [0.2, 0.25) is 0 Å². The van der Waals surface area contributed by atoms with Gasteiger partial charge in [-0.15, -0.1) is 0 Å². The Kier molecular flexibility index (Phi) is 4.20. The SMILES string of the molecule is CN(C)c1ccc(CN2CCCC(c3ncc[nH]3)C2)cn1. The second-order valence-corrected chi connectivity index (χ2v) is 5.97. The van der Waals surface area contributed by atoms with Crippen molar-refractivity contribution in [1.29, 1.82) is 0 Å². The van der Waals surface area contributed by atoms with E-state index in [1.54, 1.807) is 0 Å². The number of hydrogen-bond donors (Lipinski definition) is 1. The average molecular weight is 285 g/mol. The monoisotopic (exact) mass is 285 g/mol. The first kappa shape index (κ1) is 14.1. The molecule has 21 heavy (non-hydrogen) atoms. The lowest BCUT2D eigenvalue weighted by Crippen LogP contribution is -2.34. The molecule has 2 aromatic heterocycles. The molecule has 0 spiro atoms. The predicted molar refractivity (Wildman–Crippen MR) is 84.4 cm³/mol. The molecule has 1 saturated heterocycles. The Morgan fingerprint density at radius 2 is 2.24 bits per heavy atom. The van der Waals surface area contributed by atoms with Crippen LogP contribution in [0, 0.1) is 0 Å². The molecule has 1 fully saturated rings. The van der Waals surface area contributed by atoms with Crippen molar-refractivity contribution >= 4 is 5.82 Å². The van der Waals surface area contributed by atoms with Gasteiger partial charge in [-0.05, 0) is 31.0 Å². The second kappa shape index (κ2) is 6.26. The van der Waals surface area contributed by atoms with Crippen LogP contribution in [-0.2, 0) is 6.54 Å². The van der Waals surface area contributed by atoms with Gasteiger partial charge in [0.25, 0.3) is 0 Å². The lowest BCUT2D eigenvalue weighted by Gasteiger charge is -2.31. The molecule has 1 unspecified atom stereocenters. The Hall–Kier alpha value is -1.88. The zero-order valence-corrected chi connectivity index (χ0v) is 12.8. The number of likely N-dealkylation sites (tertiary alicyclic amines) is 1. The van der Waals surface area contributed by atoms with Crippen LogP contribution in [0.25, 0.3) is 0 Å². The number of rotatable bonds is 4. The molecule has 112 valence electrons. The lowest BCUT2D eigenvalue weighted by atomic mass is 9.97. The number of piperidine rings is 1. The zero-order chi connectivity index (χ0) is 14.7. The molecule has 1 N–H and O–H groups in total. The summed E-state index contributed by atoms with van der Waals surface area (Å²) in [6, 6.07) is 4.27. The summed E-state index contributed by atoms with van der Waals surface area (Å²) < 4.78 is 0. The molecule has 5 heteroatoms. The van der Waals surface area contributed by atoms with E-state index in [1.165, 1.54) is 18.4 Å². The molecule has 5 nitrogen and oxygen atoms in total. The molecule has 0 saturated carbocycles. The predicted octanol–water partition coefficient (Wildman–Crippen LogP) is 2.25. The highest BCUT2D eigenvalue weighted by Gasteiger charge is 2.22. The van der Waals surface area contributed by atoms with Crippen molar-refractivity contribution in [1.82, 2.24) is 19.9 Å².